The second-order valence-electron chi connectivity index (χ2n) is 8.03. The van der Waals surface area contributed by atoms with Crippen LogP contribution >= 0.6 is 11.6 Å². The van der Waals surface area contributed by atoms with Gasteiger partial charge in [0, 0.05) is 11.4 Å². The molecule has 2 aliphatic rings. The Balaban J connectivity index is 1.47. The Hall–Kier alpha value is -1.71. The van der Waals surface area contributed by atoms with E-state index in [1.165, 1.54) is 0 Å². The lowest BCUT2D eigenvalue weighted by molar-refractivity contribution is -0.0820. The molecule has 0 amide bonds. The minimum atomic E-state index is -1.30. The number of hydrogen-bond donors (Lipinski definition) is 4. The van der Waals surface area contributed by atoms with Crippen LogP contribution in [0.15, 0.2) is 42.5 Å². The van der Waals surface area contributed by atoms with Crippen LogP contribution in [0.1, 0.15) is 29.2 Å². The van der Waals surface area contributed by atoms with Crippen molar-refractivity contribution in [3.63, 3.8) is 0 Å². The van der Waals surface area contributed by atoms with Gasteiger partial charge in [0.05, 0.1) is 19.8 Å². The number of ether oxygens (including phenoxy) is 3. The minimum Gasteiger partial charge on any atom is -0.488 e. The lowest BCUT2D eigenvalue weighted by Crippen LogP contribution is -2.40. The van der Waals surface area contributed by atoms with Crippen molar-refractivity contribution in [2.24, 2.45) is 0 Å². The summed E-state index contributed by atoms with van der Waals surface area (Å²) in [6, 6.07) is 13.1. The molecular formula is C23H27ClO7. The number of aliphatic hydroxyl groups excluding tert-OH is 4. The smallest absolute Gasteiger partial charge is 0.124 e. The summed E-state index contributed by atoms with van der Waals surface area (Å²) in [5.74, 6) is 0.795. The highest BCUT2D eigenvalue weighted by molar-refractivity contribution is 6.31. The zero-order valence-corrected chi connectivity index (χ0v) is 17.7. The summed E-state index contributed by atoms with van der Waals surface area (Å²) in [5, 5.41) is 40.1. The highest BCUT2D eigenvalue weighted by Gasteiger charge is 2.46. The van der Waals surface area contributed by atoms with E-state index in [0.717, 1.165) is 29.9 Å². The van der Waals surface area contributed by atoms with Crippen molar-refractivity contribution in [3.8, 4) is 5.75 Å². The van der Waals surface area contributed by atoms with E-state index in [2.05, 4.69) is 0 Å². The van der Waals surface area contributed by atoms with E-state index < -0.39 is 37.1 Å². The third kappa shape index (κ3) is 5.04. The van der Waals surface area contributed by atoms with Gasteiger partial charge in [-0.25, -0.2) is 0 Å². The standard InChI is InChI=1S/C23H27ClO7/c24-18-6-3-14(22-20(27)21(28)23(31-22)19(26)11-25)10-15(18)9-13-1-4-16(5-2-13)30-17-7-8-29-12-17/h1-6,10,17,19-23,25-28H,7-9,11-12H2/t17-,19-,20-,21-,22?,23-/m1/s1. The van der Waals surface area contributed by atoms with Gasteiger partial charge >= 0.3 is 0 Å². The van der Waals surface area contributed by atoms with E-state index >= 15 is 0 Å². The van der Waals surface area contributed by atoms with E-state index in [0.29, 0.717) is 23.6 Å². The fraction of sp³-hybridized carbons (Fsp3) is 0.478. The van der Waals surface area contributed by atoms with Crippen LogP contribution in [0.5, 0.6) is 5.75 Å². The summed E-state index contributed by atoms with van der Waals surface area (Å²) < 4.78 is 16.9. The fourth-order valence-electron chi connectivity index (χ4n) is 4.01. The number of halogens is 1. The molecule has 0 radical (unpaired) electrons. The van der Waals surface area contributed by atoms with Crippen molar-refractivity contribution < 1.29 is 34.6 Å². The topological polar surface area (TPSA) is 109 Å². The Kier molecular flexibility index (Phi) is 7.13. The van der Waals surface area contributed by atoms with Crippen LogP contribution in [-0.4, -0.2) is 70.8 Å². The molecule has 0 bridgehead atoms. The maximum absolute atomic E-state index is 10.4. The van der Waals surface area contributed by atoms with Crippen LogP contribution in [0.2, 0.25) is 5.02 Å². The van der Waals surface area contributed by atoms with Crippen molar-refractivity contribution in [2.75, 3.05) is 19.8 Å². The maximum atomic E-state index is 10.4. The van der Waals surface area contributed by atoms with Gasteiger partial charge in [-0.2, -0.15) is 0 Å². The molecule has 0 spiro atoms. The molecule has 4 rings (SSSR count). The Labute approximate surface area is 185 Å². The normalized spacial score (nSPS) is 29.3. The first-order chi connectivity index (χ1) is 15.0. The van der Waals surface area contributed by atoms with Crippen molar-refractivity contribution >= 4 is 11.6 Å². The molecule has 0 aromatic heterocycles. The van der Waals surface area contributed by atoms with Crippen LogP contribution < -0.4 is 4.74 Å². The molecule has 8 heteroatoms. The zero-order valence-electron chi connectivity index (χ0n) is 16.9. The van der Waals surface area contributed by atoms with E-state index in [1.807, 2.05) is 30.3 Å². The zero-order chi connectivity index (χ0) is 22.0. The predicted molar refractivity (Wildman–Crippen MR) is 113 cm³/mol. The molecule has 2 saturated heterocycles. The molecule has 2 aromatic rings. The lowest BCUT2D eigenvalue weighted by atomic mass is 9.96. The van der Waals surface area contributed by atoms with Crippen LogP contribution in [0, 0.1) is 0 Å². The molecule has 2 heterocycles. The molecule has 4 N–H and O–H groups in total. The van der Waals surface area contributed by atoms with Gasteiger partial charge in [0.2, 0.25) is 0 Å². The molecular weight excluding hydrogens is 424 g/mol. The molecule has 2 fully saturated rings. The van der Waals surface area contributed by atoms with Crippen molar-refractivity contribution in [2.45, 2.75) is 49.5 Å². The molecule has 168 valence electrons. The van der Waals surface area contributed by atoms with E-state index in [9.17, 15) is 15.3 Å². The first-order valence-electron chi connectivity index (χ1n) is 10.4. The Bertz CT molecular complexity index is 869. The third-order valence-electron chi connectivity index (χ3n) is 5.77. The van der Waals surface area contributed by atoms with Crippen molar-refractivity contribution in [1.29, 1.82) is 0 Å². The lowest BCUT2D eigenvalue weighted by Gasteiger charge is -2.19. The van der Waals surface area contributed by atoms with Gasteiger partial charge in [0.25, 0.3) is 0 Å². The summed E-state index contributed by atoms with van der Waals surface area (Å²) in [5.41, 5.74) is 2.52. The minimum absolute atomic E-state index is 0.0957. The number of benzene rings is 2. The molecule has 7 nitrogen and oxygen atoms in total. The fourth-order valence-corrected chi connectivity index (χ4v) is 4.20. The molecule has 2 aliphatic heterocycles. The molecule has 31 heavy (non-hydrogen) atoms. The molecule has 0 aliphatic carbocycles. The largest absolute Gasteiger partial charge is 0.488 e. The summed E-state index contributed by atoms with van der Waals surface area (Å²) >= 11 is 6.40. The van der Waals surface area contributed by atoms with Crippen LogP contribution in [0.3, 0.4) is 0 Å². The quantitative estimate of drug-likeness (QED) is 0.507. The van der Waals surface area contributed by atoms with Gasteiger partial charge in [-0.05, 0) is 41.3 Å². The molecule has 0 saturated carbocycles. The van der Waals surface area contributed by atoms with Crippen LogP contribution in [0.25, 0.3) is 0 Å². The molecule has 1 unspecified atom stereocenters. The molecule has 2 aromatic carbocycles. The highest BCUT2D eigenvalue weighted by atomic mass is 35.5. The van der Waals surface area contributed by atoms with Gasteiger partial charge < -0.3 is 34.6 Å². The van der Waals surface area contributed by atoms with Crippen molar-refractivity contribution in [1.82, 2.24) is 0 Å². The number of rotatable bonds is 7. The highest BCUT2D eigenvalue weighted by Crippen LogP contribution is 2.36. The van der Waals surface area contributed by atoms with Gasteiger partial charge in [0.15, 0.2) is 0 Å². The first-order valence-corrected chi connectivity index (χ1v) is 10.8. The van der Waals surface area contributed by atoms with Crippen molar-refractivity contribution in [3.05, 3.63) is 64.2 Å². The van der Waals surface area contributed by atoms with Gasteiger partial charge in [-0.15, -0.1) is 0 Å². The average Bonchev–Trinajstić information content (AvgIpc) is 3.39. The van der Waals surface area contributed by atoms with Gasteiger partial charge in [-0.1, -0.05) is 35.9 Å². The monoisotopic (exact) mass is 450 g/mol. The second-order valence-corrected chi connectivity index (χ2v) is 8.43. The summed E-state index contributed by atoms with van der Waals surface area (Å²) in [7, 11) is 0. The number of aliphatic hydroxyl groups is 4. The first kappa shape index (κ1) is 22.5. The summed E-state index contributed by atoms with van der Waals surface area (Å²) in [4.78, 5) is 0. The summed E-state index contributed by atoms with van der Waals surface area (Å²) in [6.07, 6.45) is -4.15. The van der Waals surface area contributed by atoms with E-state index in [4.69, 9.17) is 30.9 Å². The second kappa shape index (κ2) is 9.83. The van der Waals surface area contributed by atoms with E-state index in [1.54, 1.807) is 12.1 Å². The number of hydrogen-bond acceptors (Lipinski definition) is 7. The SMILES string of the molecule is OC[C@@H](O)[C@H]1OC(c2ccc(Cl)c(Cc3ccc(O[C@@H]4CCOC4)cc3)c2)[C@H](O)[C@H]1O. The van der Waals surface area contributed by atoms with Crippen LogP contribution in [-0.2, 0) is 15.9 Å². The maximum Gasteiger partial charge on any atom is 0.124 e. The summed E-state index contributed by atoms with van der Waals surface area (Å²) in [6.45, 7) is 0.776. The third-order valence-corrected chi connectivity index (χ3v) is 6.14. The molecule has 6 atom stereocenters. The van der Waals surface area contributed by atoms with Gasteiger partial charge in [-0.3, -0.25) is 0 Å². The predicted octanol–water partition coefficient (Wildman–Crippen LogP) is 1.61. The average molecular weight is 451 g/mol. The van der Waals surface area contributed by atoms with Crippen LogP contribution in [0.4, 0.5) is 0 Å². The Morgan fingerprint density at radius 3 is 2.55 bits per heavy atom. The Morgan fingerprint density at radius 1 is 1.10 bits per heavy atom. The van der Waals surface area contributed by atoms with E-state index in [-0.39, 0.29) is 6.10 Å². The van der Waals surface area contributed by atoms with Gasteiger partial charge in [0.1, 0.15) is 42.4 Å². The Morgan fingerprint density at radius 2 is 1.87 bits per heavy atom.